The van der Waals surface area contributed by atoms with Gasteiger partial charge in [-0.25, -0.2) is 13.1 Å². The minimum Gasteiger partial charge on any atom is -0.255 e. The maximum Gasteiger partial charge on any atom is 0.259 e. The van der Waals surface area contributed by atoms with Gasteiger partial charge in [0.15, 0.2) is 5.03 Å². The van der Waals surface area contributed by atoms with Crippen LogP contribution in [0.2, 0.25) is 5.02 Å². The number of nitrogens with zero attached hydrogens (tertiary/aromatic N) is 2. The van der Waals surface area contributed by atoms with Crippen LogP contribution in [0.3, 0.4) is 0 Å². The molecule has 0 aromatic carbocycles. The molecule has 0 aliphatic rings. The average Bonchev–Trinajstić information content (AvgIpc) is 2.55. The summed E-state index contributed by atoms with van der Waals surface area (Å²) in [7, 11) is -2.15. The van der Waals surface area contributed by atoms with Crippen LogP contribution >= 0.6 is 23.2 Å². The maximum atomic E-state index is 12.0. The van der Waals surface area contributed by atoms with Crippen molar-refractivity contribution >= 4 is 33.2 Å². The molecule has 0 radical (unpaired) electrons. The van der Waals surface area contributed by atoms with Gasteiger partial charge >= 0.3 is 0 Å². The number of hydrogen-bond donors (Lipinski definition) is 1. The molecular weight excluding hydrogens is 297 g/mol. The zero-order valence-corrected chi connectivity index (χ0v) is 12.8. The summed E-state index contributed by atoms with van der Waals surface area (Å²) in [5, 5.41) is 3.60. The van der Waals surface area contributed by atoms with Gasteiger partial charge in [-0.1, -0.05) is 25.4 Å². The highest BCUT2D eigenvalue weighted by Gasteiger charge is 2.23. The Hall–Kier alpha value is -0.300. The molecule has 0 spiro atoms. The Labute approximate surface area is 118 Å². The quantitative estimate of drug-likeness (QED) is 0.817. The number of alkyl halides is 1. The molecule has 8 heteroatoms. The summed E-state index contributed by atoms with van der Waals surface area (Å²) >= 11 is 11.8. The van der Waals surface area contributed by atoms with Crippen LogP contribution in [-0.2, 0) is 17.1 Å². The van der Waals surface area contributed by atoms with E-state index < -0.39 is 10.0 Å². The molecule has 0 bridgehead atoms. The van der Waals surface area contributed by atoms with Crippen molar-refractivity contribution in [2.75, 3.05) is 6.54 Å². The third kappa shape index (κ3) is 4.12. The SMILES string of the molecule is CC(C)CC(Cl)CNS(=O)(=O)c1c(Cl)cnn1C. The Morgan fingerprint density at radius 3 is 2.56 bits per heavy atom. The number of sulfonamides is 1. The Morgan fingerprint density at radius 2 is 2.11 bits per heavy atom. The first-order valence-electron chi connectivity index (χ1n) is 5.55. The highest BCUT2D eigenvalue weighted by Crippen LogP contribution is 2.19. The van der Waals surface area contributed by atoms with Crippen molar-refractivity contribution in [1.82, 2.24) is 14.5 Å². The minimum absolute atomic E-state index is 0.0439. The van der Waals surface area contributed by atoms with Gasteiger partial charge in [0.2, 0.25) is 0 Å². The van der Waals surface area contributed by atoms with Crippen LogP contribution < -0.4 is 4.72 Å². The highest BCUT2D eigenvalue weighted by molar-refractivity contribution is 7.89. The number of hydrogen-bond acceptors (Lipinski definition) is 3. The van der Waals surface area contributed by atoms with Gasteiger partial charge in [0, 0.05) is 19.0 Å². The molecule has 0 saturated heterocycles. The minimum atomic E-state index is -3.68. The molecule has 0 aliphatic heterocycles. The Balaban J connectivity index is 2.72. The molecule has 0 aliphatic carbocycles. The predicted octanol–water partition coefficient (Wildman–Crippen LogP) is 2.01. The summed E-state index contributed by atoms with van der Waals surface area (Å²) < 4.78 is 27.7. The molecule has 1 unspecified atom stereocenters. The van der Waals surface area contributed by atoms with Crippen LogP contribution in [0.25, 0.3) is 0 Å². The molecule has 5 nitrogen and oxygen atoms in total. The summed E-state index contributed by atoms with van der Waals surface area (Å²) in [5.41, 5.74) is 0. The lowest BCUT2D eigenvalue weighted by Gasteiger charge is -2.13. The van der Waals surface area contributed by atoms with E-state index in [9.17, 15) is 8.42 Å². The first-order chi connectivity index (χ1) is 8.24. The molecule has 1 rings (SSSR count). The monoisotopic (exact) mass is 313 g/mol. The summed E-state index contributed by atoms with van der Waals surface area (Å²) in [6.07, 6.45) is 2.03. The molecule has 1 atom stereocenters. The van der Waals surface area contributed by atoms with E-state index in [-0.39, 0.29) is 22.0 Å². The fourth-order valence-corrected chi connectivity index (χ4v) is 3.82. The average molecular weight is 314 g/mol. The second kappa shape index (κ2) is 6.23. The zero-order chi connectivity index (χ0) is 13.9. The van der Waals surface area contributed by atoms with Gasteiger partial charge in [0.25, 0.3) is 10.0 Å². The van der Waals surface area contributed by atoms with Gasteiger partial charge in [0.1, 0.15) is 0 Å². The lowest BCUT2D eigenvalue weighted by atomic mass is 10.1. The largest absolute Gasteiger partial charge is 0.259 e. The van der Waals surface area contributed by atoms with Crippen LogP contribution in [0.5, 0.6) is 0 Å². The van der Waals surface area contributed by atoms with Gasteiger partial charge in [-0.15, -0.1) is 11.6 Å². The zero-order valence-electron chi connectivity index (χ0n) is 10.5. The standard InChI is InChI=1S/C10H17Cl2N3O2S/c1-7(2)4-8(11)5-14-18(16,17)10-9(12)6-13-15(10)3/h6-8,14H,4-5H2,1-3H3. The van der Waals surface area contributed by atoms with E-state index in [1.54, 1.807) is 0 Å². The summed E-state index contributed by atoms with van der Waals surface area (Å²) in [4.78, 5) is 0. The number of halogens is 2. The maximum absolute atomic E-state index is 12.0. The van der Waals surface area contributed by atoms with E-state index >= 15 is 0 Å². The molecule has 0 amide bonds. The predicted molar refractivity (Wildman–Crippen MR) is 72.5 cm³/mol. The van der Waals surface area contributed by atoms with Crippen molar-refractivity contribution in [3.63, 3.8) is 0 Å². The second-order valence-corrected chi connectivity index (χ2v) is 7.21. The van der Waals surface area contributed by atoms with Crippen molar-refractivity contribution in [2.24, 2.45) is 13.0 Å². The topological polar surface area (TPSA) is 64.0 Å². The smallest absolute Gasteiger partial charge is 0.255 e. The van der Waals surface area contributed by atoms with Crippen molar-refractivity contribution in [3.05, 3.63) is 11.2 Å². The third-order valence-electron chi connectivity index (χ3n) is 2.32. The van der Waals surface area contributed by atoms with Gasteiger partial charge in [-0.2, -0.15) is 5.10 Å². The van der Waals surface area contributed by atoms with E-state index in [2.05, 4.69) is 9.82 Å². The van der Waals surface area contributed by atoms with Crippen molar-refractivity contribution in [2.45, 2.75) is 30.7 Å². The van der Waals surface area contributed by atoms with E-state index in [0.717, 1.165) is 6.42 Å². The number of nitrogens with one attached hydrogen (secondary N) is 1. The Morgan fingerprint density at radius 1 is 1.50 bits per heavy atom. The second-order valence-electron chi connectivity index (χ2n) is 4.50. The highest BCUT2D eigenvalue weighted by atomic mass is 35.5. The molecule has 104 valence electrons. The first kappa shape index (κ1) is 15.8. The van der Waals surface area contributed by atoms with Gasteiger partial charge in [-0.05, 0) is 12.3 Å². The summed E-state index contributed by atoms with van der Waals surface area (Å²) in [6.45, 7) is 4.23. The number of rotatable bonds is 6. The van der Waals surface area contributed by atoms with Crippen LogP contribution in [0.15, 0.2) is 11.2 Å². The van der Waals surface area contributed by atoms with E-state index in [1.807, 2.05) is 13.8 Å². The molecule has 18 heavy (non-hydrogen) atoms. The Bertz CT molecular complexity index is 480. The fourth-order valence-electron chi connectivity index (χ4n) is 1.57. The van der Waals surface area contributed by atoms with Gasteiger partial charge < -0.3 is 0 Å². The lowest BCUT2D eigenvalue weighted by molar-refractivity contribution is 0.537. The molecule has 0 saturated carbocycles. The van der Waals surface area contributed by atoms with E-state index in [0.29, 0.717) is 5.92 Å². The van der Waals surface area contributed by atoms with Crippen LogP contribution in [0.1, 0.15) is 20.3 Å². The molecule has 1 N–H and O–H groups in total. The van der Waals surface area contributed by atoms with Crippen LogP contribution in [-0.4, -0.2) is 30.1 Å². The van der Waals surface area contributed by atoms with Crippen LogP contribution in [0, 0.1) is 5.92 Å². The molecule has 1 heterocycles. The molecule has 1 aromatic rings. The molecule has 0 fully saturated rings. The fraction of sp³-hybridized carbons (Fsp3) is 0.700. The van der Waals surface area contributed by atoms with Crippen molar-refractivity contribution in [3.8, 4) is 0 Å². The van der Waals surface area contributed by atoms with E-state index in [4.69, 9.17) is 23.2 Å². The third-order valence-corrected chi connectivity index (χ3v) is 4.58. The summed E-state index contributed by atoms with van der Waals surface area (Å²) in [6, 6.07) is 0. The normalized spacial score (nSPS) is 14.1. The first-order valence-corrected chi connectivity index (χ1v) is 7.85. The molecule has 1 aromatic heterocycles. The lowest BCUT2D eigenvalue weighted by Crippen LogP contribution is -2.31. The number of aromatic nitrogens is 2. The van der Waals surface area contributed by atoms with Gasteiger partial charge in [-0.3, -0.25) is 4.68 Å². The van der Waals surface area contributed by atoms with Crippen molar-refractivity contribution < 1.29 is 8.42 Å². The van der Waals surface area contributed by atoms with Crippen LogP contribution in [0.4, 0.5) is 0 Å². The van der Waals surface area contributed by atoms with E-state index in [1.165, 1.54) is 17.9 Å². The summed E-state index contributed by atoms with van der Waals surface area (Å²) in [5.74, 6) is 0.414. The number of aryl methyl sites for hydroxylation is 1. The molecular formula is C10H17Cl2N3O2S. The Kier molecular flexibility index (Phi) is 5.46. The van der Waals surface area contributed by atoms with Gasteiger partial charge in [0.05, 0.1) is 11.2 Å². The van der Waals surface area contributed by atoms with Crippen molar-refractivity contribution in [1.29, 1.82) is 0 Å².